The molecule has 0 fully saturated rings. The molecule has 90 valence electrons. The number of anilines is 1. The second-order valence-electron chi connectivity index (χ2n) is 3.40. The van der Waals surface area contributed by atoms with Crippen molar-refractivity contribution in [1.29, 1.82) is 0 Å². The lowest BCUT2D eigenvalue weighted by Crippen LogP contribution is -2.30. The fourth-order valence-corrected chi connectivity index (χ4v) is 1.41. The van der Waals surface area contributed by atoms with Crippen LogP contribution >= 0.6 is 0 Å². The highest BCUT2D eigenvalue weighted by Gasteiger charge is 2.31. The second-order valence-corrected chi connectivity index (χ2v) is 3.40. The highest BCUT2D eigenvalue weighted by molar-refractivity contribution is 5.61. The van der Waals surface area contributed by atoms with E-state index in [4.69, 9.17) is 0 Å². The van der Waals surface area contributed by atoms with Crippen LogP contribution in [0.3, 0.4) is 0 Å². The molecule has 0 bridgehead atoms. The van der Waals surface area contributed by atoms with Gasteiger partial charge in [-0.15, -0.1) is 0 Å². The van der Waals surface area contributed by atoms with Crippen molar-refractivity contribution in [2.75, 3.05) is 5.01 Å². The van der Waals surface area contributed by atoms with Crippen LogP contribution in [0.5, 0.6) is 5.75 Å². The average Bonchev–Trinajstić information content (AvgIpc) is 2.29. The van der Waals surface area contributed by atoms with Gasteiger partial charge in [-0.05, 0) is 30.4 Å². The number of halogens is 3. The maximum Gasteiger partial charge on any atom is 0.416 e. The van der Waals surface area contributed by atoms with E-state index in [1.807, 2.05) is 0 Å². The first kappa shape index (κ1) is 11.4. The van der Waals surface area contributed by atoms with Crippen molar-refractivity contribution in [3.63, 3.8) is 0 Å². The van der Waals surface area contributed by atoms with Gasteiger partial charge in [-0.3, -0.25) is 5.01 Å². The predicted molar refractivity (Wildman–Crippen MR) is 57.0 cm³/mol. The summed E-state index contributed by atoms with van der Waals surface area (Å²) in [5, 5.41) is 11.0. The van der Waals surface area contributed by atoms with Gasteiger partial charge in [-0.25, -0.2) is 0 Å². The Morgan fingerprint density at radius 3 is 2.47 bits per heavy atom. The van der Waals surface area contributed by atoms with E-state index >= 15 is 0 Å². The van der Waals surface area contributed by atoms with Gasteiger partial charge in [0, 0.05) is 12.4 Å². The van der Waals surface area contributed by atoms with E-state index in [0.717, 1.165) is 6.07 Å². The van der Waals surface area contributed by atoms with Gasteiger partial charge in [-0.1, -0.05) is 0 Å². The maximum absolute atomic E-state index is 12.4. The van der Waals surface area contributed by atoms with Gasteiger partial charge < -0.3 is 10.5 Å². The van der Waals surface area contributed by atoms with E-state index in [2.05, 4.69) is 5.43 Å². The van der Waals surface area contributed by atoms with Crippen LogP contribution in [-0.2, 0) is 6.18 Å². The number of phenols is 1. The summed E-state index contributed by atoms with van der Waals surface area (Å²) in [5.74, 6) is -0.438. The minimum atomic E-state index is -4.46. The molecular weight excluding hydrogens is 233 g/mol. The van der Waals surface area contributed by atoms with E-state index < -0.39 is 17.5 Å². The molecule has 0 amide bonds. The van der Waals surface area contributed by atoms with Gasteiger partial charge in [0.1, 0.15) is 11.4 Å². The number of benzene rings is 1. The van der Waals surface area contributed by atoms with Crippen LogP contribution in [-0.4, -0.2) is 5.11 Å². The SMILES string of the molecule is Oc1cc(C(F)(F)F)ccc1N1C=CC=CN1. The maximum atomic E-state index is 12.4. The van der Waals surface area contributed by atoms with Crippen LogP contribution in [0.4, 0.5) is 18.9 Å². The predicted octanol–water partition coefficient (Wildman–Crippen LogP) is 2.76. The molecule has 0 spiro atoms. The molecule has 0 radical (unpaired) electrons. The Morgan fingerprint density at radius 1 is 1.18 bits per heavy atom. The number of aromatic hydroxyl groups is 1. The van der Waals surface area contributed by atoms with Crippen molar-refractivity contribution >= 4 is 5.69 Å². The number of hydrazine groups is 1. The molecule has 1 aromatic carbocycles. The second kappa shape index (κ2) is 4.04. The number of hydrogen-bond acceptors (Lipinski definition) is 3. The smallest absolute Gasteiger partial charge is 0.416 e. The zero-order chi connectivity index (χ0) is 12.5. The number of phenolic OH excluding ortho intramolecular Hbond substituents is 1. The largest absolute Gasteiger partial charge is 0.506 e. The zero-order valence-corrected chi connectivity index (χ0v) is 8.57. The van der Waals surface area contributed by atoms with Gasteiger partial charge in [0.05, 0.1) is 5.56 Å². The first-order chi connectivity index (χ1) is 7.98. The van der Waals surface area contributed by atoms with Crippen molar-refractivity contribution in [2.24, 2.45) is 0 Å². The van der Waals surface area contributed by atoms with Crippen LogP contribution < -0.4 is 10.4 Å². The van der Waals surface area contributed by atoms with Crippen LogP contribution in [0.25, 0.3) is 0 Å². The van der Waals surface area contributed by atoms with E-state index in [9.17, 15) is 18.3 Å². The number of nitrogens with one attached hydrogen (secondary N) is 1. The summed E-state index contributed by atoms with van der Waals surface area (Å²) in [4.78, 5) is 0. The normalized spacial score (nSPS) is 14.9. The van der Waals surface area contributed by atoms with Gasteiger partial charge >= 0.3 is 6.18 Å². The summed E-state index contributed by atoms with van der Waals surface area (Å²) in [5.41, 5.74) is 2.13. The fourth-order valence-electron chi connectivity index (χ4n) is 1.41. The fraction of sp³-hybridized carbons (Fsp3) is 0.0909. The van der Waals surface area contributed by atoms with Gasteiger partial charge in [0.15, 0.2) is 0 Å². The minimum absolute atomic E-state index is 0.249. The van der Waals surface area contributed by atoms with E-state index in [0.29, 0.717) is 6.07 Å². The molecule has 0 saturated heterocycles. The number of alkyl halides is 3. The molecule has 1 heterocycles. The lowest BCUT2D eigenvalue weighted by molar-refractivity contribution is -0.137. The Bertz CT molecular complexity index is 480. The van der Waals surface area contributed by atoms with Crippen molar-refractivity contribution in [1.82, 2.24) is 5.43 Å². The monoisotopic (exact) mass is 242 g/mol. The Hall–Kier alpha value is -2.11. The first-order valence-electron chi connectivity index (χ1n) is 4.77. The molecule has 1 aliphatic rings. The zero-order valence-electron chi connectivity index (χ0n) is 8.57. The molecule has 0 aromatic heterocycles. The van der Waals surface area contributed by atoms with Crippen molar-refractivity contribution in [2.45, 2.75) is 6.18 Å². The summed E-state index contributed by atoms with van der Waals surface area (Å²) in [6.07, 6.45) is 2.13. The van der Waals surface area contributed by atoms with E-state index in [-0.39, 0.29) is 5.69 Å². The van der Waals surface area contributed by atoms with Crippen LogP contribution in [0, 0.1) is 0 Å². The Balaban J connectivity index is 2.32. The molecule has 6 heteroatoms. The van der Waals surface area contributed by atoms with Crippen molar-refractivity contribution in [3.8, 4) is 5.75 Å². The highest BCUT2D eigenvalue weighted by atomic mass is 19.4. The van der Waals surface area contributed by atoms with Gasteiger partial charge in [-0.2, -0.15) is 13.2 Å². The third-order valence-electron chi connectivity index (χ3n) is 2.22. The Morgan fingerprint density at radius 2 is 1.94 bits per heavy atom. The molecule has 0 saturated carbocycles. The van der Waals surface area contributed by atoms with Crippen LogP contribution in [0.2, 0.25) is 0 Å². The number of nitrogens with zero attached hydrogens (tertiary/aromatic N) is 1. The van der Waals surface area contributed by atoms with Crippen LogP contribution in [0.15, 0.2) is 42.8 Å². The summed E-state index contributed by atoms with van der Waals surface area (Å²) >= 11 is 0. The lowest BCUT2D eigenvalue weighted by Gasteiger charge is -2.23. The Labute approximate surface area is 95.4 Å². The standard InChI is InChI=1S/C11H9F3N2O/c12-11(13,14)8-3-4-9(10(17)7-8)16-6-2-1-5-15-16/h1-7,15,17H. The first-order valence-corrected chi connectivity index (χ1v) is 4.77. The third-order valence-corrected chi connectivity index (χ3v) is 2.22. The molecule has 1 aromatic rings. The summed E-state index contributed by atoms with van der Waals surface area (Å²) in [6.45, 7) is 0. The summed E-state index contributed by atoms with van der Waals surface area (Å²) in [6, 6.07) is 2.82. The molecule has 0 aliphatic carbocycles. The molecule has 0 atom stereocenters. The molecule has 2 rings (SSSR count). The number of hydrogen-bond donors (Lipinski definition) is 2. The van der Waals surface area contributed by atoms with Crippen molar-refractivity contribution in [3.05, 3.63) is 48.3 Å². The number of allylic oxidation sites excluding steroid dienone is 2. The molecule has 0 unspecified atom stereocenters. The van der Waals surface area contributed by atoms with E-state index in [1.54, 1.807) is 24.6 Å². The third kappa shape index (κ3) is 2.35. The van der Waals surface area contributed by atoms with Gasteiger partial charge in [0.2, 0.25) is 0 Å². The molecule has 2 N–H and O–H groups in total. The topological polar surface area (TPSA) is 35.5 Å². The highest BCUT2D eigenvalue weighted by Crippen LogP contribution is 2.35. The number of rotatable bonds is 1. The molecular formula is C11H9F3N2O. The van der Waals surface area contributed by atoms with E-state index in [1.165, 1.54) is 11.1 Å². The average molecular weight is 242 g/mol. The molecule has 17 heavy (non-hydrogen) atoms. The summed E-state index contributed by atoms with van der Waals surface area (Å²) < 4.78 is 37.1. The van der Waals surface area contributed by atoms with Crippen molar-refractivity contribution < 1.29 is 18.3 Å². The lowest BCUT2D eigenvalue weighted by atomic mass is 10.2. The van der Waals surface area contributed by atoms with Crippen LogP contribution in [0.1, 0.15) is 5.56 Å². The quantitative estimate of drug-likeness (QED) is 0.794. The molecule has 3 nitrogen and oxygen atoms in total. The van der Waals surface area contributed by atoms with Gasteiger partial charge in [0.25, 0.3) is 0 Å². The molecule has 1 aliphatic heterocycles. The Kier molecular flexibility index (Phi) is 2.71. The summed E-state index contributed by atoms with van der Waals surface area (Å²) in [7, 11) is 0. The minimum Gasteiger partial charge on any atom is -0.506 e.